The van der Waals surface area contributed by atoms with Crippen molar-refractivity contribution in [1.82, 2.24) is 14.9 Å². The molecule has 26 heavy (non-hydrogen) atoms. The average Bonchev–Trinajstić information content (AvgIpc) is 2.62. The van der Waals surface area contributed by atoms with Gasteiger partial charge in [-0.05, 0) is 36.8 Å². The van der Waals surface area contributed by atoms with E-state index in [9.17, 15) is 9.59 Å². The number of hydrogen-bond acceptors (Lipinski definition) is 3. The van der Waals surface area contributed by atoms with E-state index < -0.39 is 0 Å². The fourth-order valence-corrected chi connectivity index (χ4v) is 3.39. The molecule has 3 aromatic rings. The third kappa shape index (κ3) is 4.14. The van der Waals surface area contributed by atoms with Crippen LogP contribution in [0.2, 0.25) is 5.02 Å². The summed E-state index contributed by atoms with van der Waals surface area (Å²) in [5.74, 6) is -0.154. The van der Waals surface area contributed by atoms with Gasteiger partial charge in [-0.3, -0.25) is 14.2 Å². The van der Waals surface area contributed by atoms with Gasteiger partial charge >= 0.3 is 0 Å². The molecule has 134 valence electrons. The highest BCUT2D eigenvalue weighted by molar-refractivity contribution is 9.10. The highest BCUT2D eigenvalue weighted by Gasteiger charge is 2.13. The molecule has 1 aromatic heterocycles. The summed E-state index contributed by atoms with van der Waals surface area (Å²) < 4.78 is 2.27. The van der Waals surface area contributed by atoms with Crippen molar-refractivity contribution in [2.45, 2.75) is 25.9 Å². The summed E-state index contributed by atoms with van der Waals surface area (Å²) in [6, 6.07) is 12.5. The third-order valence-electron chi connectivity index (χ3n) is 4.12. The Labute approximate surface area is 164 Å². The molecule has 0 bridgehead atoms. The quantitative estimate of drug-likeness (QED) is 0.658. The van der Waals surface area contributed by atoms with Gasteiger partial charge in [0.1, 0.15) is 0 Å². The zero-order valence-electron chi connectivity index (χ0n) is 14.1. The molecule has 1 atom stereocenters. The minimum atomic E-state index is -0.210. The minimum absolute atomic E-state index is 0.154. The molecule has 0 aliphatic carbocycles. The highest BCUT2D eigenvalue weighted by atomic mass is 79.9. The van der Waals surface area contributed by atoms with Crippen molar-refractivity contribution in [2.75, 3.05) is 0 Å². The summed E-state index contributed by atoms with van der Waals surface area (Å²) in [4.78, 5) is 29.1. The van der Waals surface area contributed by atoms with Gasteiger partial charge in [0.25, 0.3) is 5.56 Å². The maximum Gasteiger partial charge on any atom is 0.261 e. The summed E-state index contributed by atoms with van der Waals surface area (Å²) >= 11 is 9.51. The Kier molecular flexibility index (Phi) is 5.74. The van der Waals surface area contributed by atoms with Crippen LogP contribution in [-0.4, -0.2) is 15.5 Å². The number of benzene rings is 2. The van der Waals surface area contributed by atoms with Crippen LogP contribution in [0.15, 0.2) is 58.1 Å². The number of fused-ring (bicyclic) bond motifs is 1. The van der Waals surface area contributed by atoms with Crippen molar-refractivity contribution in [2.24, 2.45) is 0 Å². The summed E-state index contributed by atoms with van der Waals surface area (Å²) in [7, 11) is 0. The van der Waals surface area contributed by atoms with Gasteiger partial charge in [0.05, 0.1) is 23.3 Å². The predicted molar refractivity (Wildman–Crippen MR) is 106 cm³/mol. The van der Waals surface area contributed by atoms with E-state index >= 15 is 0 Å². The SMILES string of the molecule is CC(NC(=O)CCn1cnc2ccc(Br)cc2c1=O)c1ccccc1Cl. The smallest absolute Gasteiger partial charge is 0.261 e. The van der Waals surface area contributed by atoms with Crippen LogP contribution in [0.5, 0.6) is 0 Å². The number of rotatable bonds is 5. The molecule has 0 fully saturated rings. The van der Waals surface area contributed by atoms with E-state index in [1.54, 1.807) is 18.2 Å². The van der Waals surface area contributed by atoms with Crippen molar-refractivity contribution in [3.63, 3.8) is 0 Å². The number of carbonyl (C=O) groups excluding carboxylic acids is 1. The lowest BCUT2D eigenvalue weighted by atomic mass is 10.1. The van der Waals surface area contributed by atoms with Gasteiger partial charge in [0.2, 0.25) is 5.91 Å². The first-order valence-corrected chi connectivity index (χ1v) is 9.31. The van der Waals surface area contributed by atoms with Crippen molar-refractivity contribution in [3.8, 4) is 0 Å². The van der Waals surface area contributed by atoms with E-state index in [1.165, 1.54) is 10.9 Å². The van der Waals surface area contributed by atoms with Crippen LogP contribution in [0.25, 0.3) is 10.9 Å². The van der Waals surface area contributed by atoms with Gasteiger partial charge in [-0.2, -0.15) is 0 Å². The Balaban J connectivity index is 1.68. The molecule has 0 spiro atoms. The molecule has 1 heterocycles. The van der Waals surface area contributed by atoms with E-state index in [0.29, 0.717) is 15.9 Å². The number of amides is 1. The van der Waals surface area contributed by atoms with Gasteiger partial charge in [-0.25, -0.2) is 4.98 Å². The van der Waals surface area contributed by atoms with Crippen LogP contribution in [-0.2, 0) is 11.3 Å². The molecule has 3 rings (SSSR count). The van der Waals surface area contributed by atoms with Crippen LogP contribution in [0.3, 0.4) is 0 Å². The largest absolute Gasteiger partial charge is 0.349 e. The number of halogens is 2. The molecule has 7 heteroatoms. The van der Waals surface area contributed by atoms with Crippen molar-refractivity contribution < 1.29 is 4.79 Å². The second-order valence-corrected chi connectivity index (χ2v) is 7.29. The molecule has 2 aromatic carbocycles. The highest BCUT2D eigenvalue weighted by Crippen LogP contribution is 2.22. The topological polar surface area (TPSA) is 64.0 Å². The van der Waals surface area contributed by atoms with Crippen molar-refractivity contribution >= 4 is 44.3 Å². The fourth-order valence-electron chi connectivity index (χ4n) is 2.73. The monoisotopic (exact) mass is 433 g/mol. The molecule has 0 saturated heterocycles. The van der Waals surface area contributed by atoms with Gasteiger partial charge in [0, 0.05) is 22.5 Å². The Morgan fingerprint density at radius 2 is 2.08 bits per heavy atom. The van der Waals surface area contributed by atoms with Crippen LogP contribution < -0.4 is 10.9 Å². The van der Waals surface area contributed by atoms with E-state index in [2.05, 4.69) is 26.2 Å². The van der Waals surface area contributed by atoms with Crippen LogP contribution in [0.1, 0.15) is 24.9 Å². The first-order valence-electron chi connectivity index (χ1n) is 8.14. The molecular formula is C19H17BrClN3O2. The first-order chi connectivity index (χ1) is 12.5. The number of carbonyl (C=O) groups is 1. The van der Waals surface area contributed by atoms with Gasteiger partial charge in [0.15, 0.2) is 0 Å². The zero-order valence-corrected chi connectivity index (χ0v) is 16.4. The maximum absolute atomic E-state index is 12.5. The Hall–Kier alpha value is -2.18. The van der Waals surface area contributed by atoms with E-state index in [4.69, 9.17) is 11.6 Å². The Morgan fingerprint density at radius 3 is 2.85 bits per heavy atom. The molecule has 0 aliphatic rings. The Morgan fingerprint density at radius 1 is 1.31 bits per heavy atom. The molecule has 0 saturated carbocycles. The lowest BCUT2D eigenvalue weighted by molar-refractivity contribution is -0.121. The van der Waals surface area contributed by atoms with Gasteiger partial charge in [-0.15, -0.1) is 0 Å². The van der Waals surface area contributed by atoms with Gasteiger partial charge in [-0.1, -0.05) is 45.7 Å². The average molecular weight is 435 g/mol. The standard InChI is InChI=1S/C19H17BrClN3O2/c1-12(14-4-2-3-5-16(14)21)23-18(25)8-9-24-11-22-17-7-6-13(20)10-15(17)19(24)26/h2-7,10-12H,8-9H2,1H3,(H,23,25). The molecule has 0 aliphatic heterocycles. The van der Waals surface area contributed by atoms with Crippen molar-refractivity contribution in [3.05, 3.63) is 74.2 Å². The van der Waals surface area contributed by atoms with Crippen molar-refractivity contribution in [1.29, 1.82) is 0 Å². The lowest BCUT2D eigenvalue weighted by Gasteiger charge is -2.16. The number of hydrogen-bond donors (Lipinski definition) is 1. The molecule has 1 N–H and O–H groups in total. The maximum atomic E-state index is 12.5. The fraction of sp³-hybridized carbons (Fsp3) is 0.211. The van der Waals surface area contributed by atoms with Gasteiger partial charge < -0.3 is 5.32 Å². The summed E-state index contributed by atoms with van der Waals surface area (Å²) in [6.07, 6.45) is 1.65. The summed E-state index contributed by atoms with van der Waals surface area (Å²) in [5.41, 5.74) is 1.33. The molecule has 1 amide bonds. The third-order valence-corrected chi connectivity index (χ3v) is 4.95. The summed E-state index contributed by atoms with van der Waals surface area (Å²) in [5, 5.41) is 4.04. The van der Waals surface area contributed by atoms with Crippen LogP contribution in [0, 0.1) is 0 Å². The normalized spacial score (nSPS) is 12.1. The minimum Gasteiger partial charge on any atom is -0.349 e. The molecule has 5 nitrogen and oxygen atoms in total. The first kappa shape index (κ1) is 18.6. The van der Waals surface area contributed by atoms with E-state index in [-0.39, 0.29) is 30.5 Å². The summed E-state index contributed by atoms with van der Waals surface area (Å²) in [6.45, 7) is 2.13. The Bertz CT molecular complexity index is 1020. The lowest BCUT2D eigenvalue weighted by Crippen LogP contribution is -2.29. The zero-order chi connectivity index (χ0) is 18.7. The second-order valence-electron chi connectivity index (χ2n) is 5.97. The second kappa shape index (κ2) is 8.01. The number of nitrogens with zero attached hydrogens (tertiary/aromatic N) is 2. The molecular weight excluding hydrogens is 418 g/mol. The number of aryl methyl sites for hydroxylation is 1. The molecule has 1 unspecified atom stereocenters. The predicted octanol–water partition coefficient (Wildman–Crippen LogP) is 4.08. The van der Waals surface area contributed by atoms with E-state index in [0.717, 1.165) is 10.0 Å². The van der Waals surface area contributed by atoms with Crippen LogP contribution >= 0.6 is 27.5 Å². The number of nitrogens with one attached hydrogen (secondary N) is 1. The number of aromatic nitrogens is 2. The van der Waals surface area contributed by atoms with Crippen LogP contribution in [0.4, 0.5) is 0 Å². The molecule has 0 radical (unpaired) electrons. The van der Waals surface area contributed by atoms with E-state index in [1.807, 2.05) is 31.2 Å².